The Morgan fingerprint density at radius 3 is 2.97 bits per heavy atom. The second kappa shape index (κ2) is 6.30. The van der Waals surface area contributed by atoms with Crippen molar-refractivity contribution in [3.8, 4) is 5.75 Å². The monoisotopic (exact) mass is 393 g/mol. The van der Waals surface area contributed by atoms with Gasteiger partial charge in [0.2, 0.25) is 0 Å². The van der Waals surface area contributed by atoms with Crippen LogP contribution in [0.5, 0.6) is 5.75 Å². The minimum atomic E-state index is -0.757. The number of aliphatic imine (C=N–C) groups is 1. The maximum Gasteiger partial charge on any atom is 0.283 e. The molecule has 3 N–H and O–H groups in total. The van der Waals surface area contributed by atoms with Crippen molar-refractivity contribution in [3.63, 3.8) is 0 Å². The van der Waals surface area contributed by atoms with E-state index >= 15 is 0 Å². The van der Waals surface area contributed by atoms with Gasteiger partial charge in [-0.2, -0.15) is 0 Å². The summed E-state index contributed by atoms with van der Waals surface area (Å²) in [5, 5.41) is 4.14. The van der Waals surface area contributed by atoms with Gasteiger partial charge < -0.3 is 20.5 Å². The van der Waals surface area contributed by atoms with Crippen LogP contribution in [0.4, 0.5) is 15.9 Å². The summed E-state index contributed by atoms with van der Waals surface area (Å²) in [5.41, 5.74) is 6.94. The smallest absolute Gasteiger partial charge is 0.283 e. The number of nitrogens with one attached hydrogen (secondary N) is 1. The van der Waals surface area contributed by atoms with Crippen LogP contribution in [-0.4, -0.2) is 29.2 Å². The normalized spacial score (nSPS) is 25.0. The van der Waals surface area contributed by atoms with E-state index in [9.17, 15) is 4.39 Å². The highest BCUT2D eigenvalue weighted by Gasteiger charge is 2.57. The predicted octanol–water partition coefficient (Wildman–Crippen LogP) is 3.47. The molecule has 1 aliphatic carbocycles. The molecule has 0 saturated heterocycles. The van der Waals surface area contributed by atoms with Crippen molar-refractivity contribution in [1.82, 2.24) is 9.97 Å². The summed E-state index contributed by atoms with van der Waals surface area (Å²) in [6.45, 7) is 1.90. The molecule has 0 radical (unpaired) electrons. The number of pyridine rings is 2. The fourth-order valence-electron chi connectivity index (χ4n) is 4.02. The first kappa shape index (κ1) is 17.7. The molecule has 1 saturated carbocycles. The molecule has 2 aromatic heterocycles. The lowest BCUT2D eigenvalue weighted by Gasteiger charge is -2.30. The maximum atomic E-state index is 14.8. The highest BCUT2D eigenvalue weighted by molar-refractivity contribution is 5.90. The number of amidine groups is 1. The molecule has 7 nitrogen and oxygen atoms in total. The molecule has 5 rings (SSSR count). The van der Waals surface area contributed by atoms with Crippen LogP contribution in [0.3, 0.4) is 0 Å². The molecule has 3 aromatic rings. The molecule has 3 heterocycles. The lowest BCUT2D eigenvalue weighted by molar-refractivity contribution is 0.202. The van der Waals surface area contributed by atoms with Crippen LogP contribution >= 0.6 is 0 Å². The van der Waals surface area contributed by atoms with Crippen molar-refractivity contribution in [2.24, 2.45) is 16.6 Å². The Kier molecular flexibility index (Phi) is 3.84. The van der Waals surface area contributed by atoms with Crippen LogP contribution in [0, 0.1) is 11.7 Å². The fraction of sp³-hybridized carbons (Fsp3) is 0.286. The number of halogens is 1. The molecular weight excluding hydrogens is 373 g/mol. The molecule has 148 valence electrons. The van der Waals surface area contributed by atoms with Crippen LogP contribution in [0.25, 0.3) is 10.9 Å². The van der Waals surface area contributed by atoms with Crippen molar-refractivity contribution in [2.45, 2.75) is 25.0 Å². The number of aromatic nitrogens is 2. The van der Waals surface area contributed by atoms with E-state index in [1.807, 2.05) is 19.1 Å². The van der Waals surface area contributed by atoms with Gasteiger partial charge in [0.05, 0.1) is 18.8 Å². The summed E-state index contributed by atoms with van der Waals surface area (Å²) in [5.74, 6) is 1.04. The van der Waals surface area contributed by atoms with Gasteiger partial charge in [-0.3, -0.25) is 0 Å². The van der Waals surface area contributed by atoms with Crippen molar-refractivity contribution in [2.75, 3.05) is 12.4 Å². The Morgan fingerprint density at radius 2 is 2.14 bits per heavy atom. The highest BCUT2D eigenvalue weighted by atomic mass is 19.1. The second-order valence-electron chi connectivity index (χ2n) is 7.52. The van der Waals surface area contributed by atoms with Gasteiger partial charge >= 0.3 is 0 Å². The number of nitrogens with two attached hydrogens (primary N) is 1. The van der Waals surface area contributed by atoms with Crippen molar-refractivity contribution in [3.05, 3.63) is 54.1 Å². The Labute approximate surface area is 166 Å². The predicted molar refractivity (Wildman–Crippen MR) is 108 cm³/mol. The van der Waals surface area contributed by atoms with Crippen LogP contribution in [0.15, 0.2) is 47.7 Å². The summed E-state index contributed by atoms with van der Waals surface area (Å²) in [6, 6.07) is 8.72. The summed E-state index contributed by atoms with van der Waals surface area (Å²) in [6.07, 6.45) is 4.15. The van der Waals surface area contributed by atoms with Gasteiger partial charge in [0.1, 0.15) is 23.2 Å². The van der Waals surface area contributed by atoms with Crippen LogP contribution in [-0.2, 0) is 10.3 Å². The molecule has 2 aliphatic rings. The SMILES string of the molecule is COc1cnc2c(Nc3ccc(F)c(C4(C)N=C(N)OC5C[C@H]54)c3)nccc2c1. The first-order valence-corrected chi connectivity index (χ1v) is 9.36. The second-order valence-corrected chi connectivity index (χ2v) is 7.52. The fourth-order valence-corrected chi connectivity index (χ4v) is 4.02. The van der Waals surface area contributed by atoms with E-state index < -0.39 is 5.54 Å². The van der Waals surface area contributed by atoms with Crippen LogP contribution in [0.1, 0.15) is 18.9 Å². The zero-order chi connectivity index (χ0) is 20.2. The van der Waals surface area contributed by atoms with Crippen molar-refractivity contribution < 1.29 is 13.9 Å². The molecule has 29 heavy (non-hydrogen) atoms. The number of methoxy groups -OCH3 is 1. The maximum absolute atomic E-state index is 14.8. The van der Waals surface area contributed by atoms with Gasteiger partial charge in [-0.15, -0.1) is 0 Å². The third kappa shape index (κ3) is 2.91. The summed E-state index contributed by atoms with van der Waals surface area (Å²) >= 11 is 0. The quantitative estimate of drug-likeness (QED) is 0.705. The van der Waals surface area contributed by atoms with Gasteiger partial charge in [-0.1, -0.05) is 0 Å². The molecule has 0 bridgehead atoms. The van der Waals surface area contributed by atoms with Gasteiger partial charge in [0.15, 0.2) is 5.82 Å². The highest BCUT2D eigenvalue weighted by Crippen LogP contribution is 2.53. The number of anilines is 2. The molecule has 3 atom stereocenters. The van der Waals surface area contributed by atoms with Gasteiger partial charge in [0.25, 0.3) is 6.02 Å². The first-order valence-electron chi connectivity index (χ1n) is 9.36. The third-order valence-electron chi connectivity index (χ3n) is 5.65. The standard InChI is InChI=1S/C21H20FN5O2/c1-21(15-9-17(15)29-20(23)27-21)14-8-12(3-4-16(14)22)26-19-18-11(5-6-24-19)7-13(28-2)10-25-18/h3-8,10,15,17H,9H2,1-2H3,(H2,23,27)(H,24,26)/t15-,17?,21?/m1/s1. The Hall–Kier alpha value is -3.42. The average molecular weight is 393 g/mol. The molecule has 1 aromatic carbocycles. The molecule has 0 spiro atoms. The molecular formula is C21H20FN5O2. The van der Waals surface area contributed by atoms with E-state index in [-0.39, 0.29) is 23.9 Å². The number of nitrogens with zero attached hydrogens (tertiary/aromatic N) is 3. The Balaban J connectivity index is 1.53. The largest absolute Gasteiger partial charge is 0.495 e. The van der Waals surface area contributed by atoms with Gasteiger partial charge in [-0.25, -0.2) is 19.4 Å². The van der Waals surface area contributed by atoms with E-state index in [2.05, 4.69) is 20.3 Å². The topological polar surface area (TPSA) is 94.7 Å². The lowest BCUT2D eigenvalue weighted by Crippen LogP contribution is -2.35. The van der Waals surface area contributed by atoms with E-state index in [1.54, 1.807) is 31.6 Å². The van der Waals surface area contributed by atoms with E-state index in [0.717, 1.165) is 11.8 Å². The van der Waals surface area contributed by atoms with Crippen LogP contribution in [0.2, 0.25) is 0 Å². The first-order chi connectivity index (χ1) is 14.0. The summed E-state index contributed by atoms with van der Waals surface area (Å²) in [7, 11) is 1.60. The van der Waals surface area contributed by atoms with Crippen molar-refractivity contribution >= 4 is 28.4 Å². The number of ether oxygens (including phenoxy) is 2. The minimum absolute atomic E-state index is 0.00688. The number of hydrogen-bond acceptors (Lipinski definition) is 7. The molecule has 8 heteroatoms. The number of hydrogen-bond donors (Lipinski definition) is 2. The minimum Gasteiger partial charge on any atom is -0.495 e. The molecule has 1 aliphatic heterocycles. The summed E-state index contributed by atoms with van der Waals surface area (Å²) < 4.78 is 25.5. The third-order valence-corrected chi connectivity index (χ3v) is 5.65. The Bertz CT molecular complexity index is 1150. The summed E-state index contributed by atoms with van der Waals surface area (Å²) in [4.78, 5) is 13.3. The average Bonchev–Trinajstić information content (AvgIpc) is 3.49. The van der Waals surface area contributed by atoms with Crippen LogP contribution < -0.4 is 15.8 Å². The number of benzene rings is 1. The van der Waals surface area contributed by atoms with E-state index in [0.29, 0.717) is 28.3 Å². The zero-order valence-corrected chi connectivity index (χ0v) is 16.0. The van der Waals surface area contributed by atoms with Crippen molar-refractivity contribution in [1.29, 1.82) is 0 Å². The van der Waals surface area contributed by atoms with E-state index in [1.165, 1.54) is 6.07 Å². The van der Waals surface area contributed by atoms with E-state index in [4.69, 9.17) is 15.2 Å². The number of rotatable bonds is 4. The molecule has 2 unspecified atom stereocenters. The van der Waals surface area contributed by atoms with Gasteiger partial charge in [-0.05, 0) is 43.7 Å². The zero-order valence-electron chi connectivity index (χ0n) is 16.0. The van der Waals surface area contributed by atoms with Gasteiger partial charge in [0, 0.05) is 28.8 Å². The molecule has 0 amide bonds. The molecule has 1 fully saturated rings. The Morgan fingerprint density at radius 1 is 1.28 bits per heavy atom. The number of fused-ring (bicyclic) bond motifs is 2. The lowest BCUT2D eigenvalue weighted by atomic mass is 9.86.